The molecule has 0 aliphatic carbocycles. The molecule has 0 saturated carbocycles. The van der Waals surface area contributed by atoms with Gasteiger partial charge in [0.2, 0.25) is 0 Å². The lowest BCUT2D eigenvalue weighted by molar-refractivity contribution is 0.0600. The van der Waals surface area contributed by atoms with Crippen LogP contribution in [0.4, 0.5) is 0 Å². The van der Waals surface area contributed by atoms with E-state index in [4.69, 9.17) is 11.6 Å². The summed E-state index contributed by atoms with van der Waals surface area (Å²) in [5.41, 5.74) is 1.09. The van der Waals surface area contributed by atoms with Gasteiger partial charge in [0.25, 0.3) is 0 Å². The van der Waals surface area contributed by atoms with E-state index in [0.29, 0.717) is 16.7 Å². The van der Waals surface area contributed by atoms with Crippen LogP contribution in [0, 0.1) is 6.92 Å². The molecule has 0 atom stereocenters. The fourth-order valence-corrected chi connectivity index (χ4v) is 1.75. The average molecular weight is 271 g/mol. The topological polar surface area (TPSA) is 64.3 Å². The van der Waals surface area contributed by atoms with Crippen molar-refractivity contribution in [3.8, 4) is 0 Å². The highest BCUT2D eigenvalue weighted by molar-refractivity contribution is 6.38. The average Bonchev–Trinajstić information content (AvgIpc) is 2.69. The third-order valence-corrected chi connectivity index (χ3v) is 2.73. The largest absolute Gasteiger partial charge is 0.465 e. The zero-order chi connectivity index (χ0) is 13.9. The lowest BCUT2D eigenvalue weighted by atomic mass is 10.2. The first-order valence-electron chi connectivity index (χ1n) is 5.50. The highest BCUT2D eigenvalue weighted by Crippen LogP contribution is 2.27. The number of pyridine rings is 1. The first kappa shape index (κ1) is 14.3. The zero-order valence-corrected chi connectivity index (χ0v) is 11.4. The minimum absolute atomic E-state index is 0.183. The highest BCUT2D eigenvalue weighted by atomic mass is 35.5. The number of aromatic nitrogens is 2. The summed E-state index contributed by atoms with van der Waals surface area (Å²) in [6.07, 6.45) is 1.28. The maximum absolute atomic E-state index is 11.4. The number of carbonyl (C=O) groups excluding carboxylic acids is 1. The van der Waals surface area contributed by atoms with Crippen molar-refractivity contribution in [1.29, 1.82) is 0 Å². The number of methoxy groups -OCH3 is 1. The number of nitrogens with zero attached hydrogens (tertiary/aromatic N) is 2. The number of rotatable bonds is 1. The summed E-state index contributed by atoms with van der Waals surface area (Å²) in [6, 6.07) is 1.65. The number of ether oxygens (including phenoxy) is 1. The zero-order valence-electron chi connectivity index (χ0n) is 10.7. The molecular formula is C12H15ClN2O3. The Hall–Kier alpha value is -1.75. The van der Waals surface area contributed by atoms with E-state index in [0.717, 1.165) is 4.73 Å². The van der Waals surface area contributed by atoms with E-state index >= 15 is 0 Å². The van der Waals surface area contributed by atoms with Gasteiger partial charge in [0, 0.05) is 11.6 Å². The fourth-order valence-electron chi connectivity index (χ4n) is 1.48. The lowest BCUT2D eigenvalue weighted by Crippen LogP contribution is -2.03. The number of fused-ring (bicyclic) bond motifs is 1. The molecular weight excluding hydrogens is 256 g/mol. The summed E-state index contributed by atoms with van der Waals surface area (Å²) < 4.78 is 5.49. The second-order valence-corrected chi connectivity index (χ2v) is 3.69. The van der Waals surface area contributed by atoms with Crippen LogP contribution in [0.1, 0.15) is 29.9 Å². The Balaban J connectivity index is 0.000000771. The Morgan fingerprint density at radius 1 is 1.50 bits per heavy atom. The van der Waals surface area contributed by atoms with Crippen LogP contribution in [-0.4, -0.2) is 28.0 Å². The molecule has 18 heavy (non-hydrogen) atoms. The van der Waals surface area contributed by atoms with Crippen molar-refractivity contribution in [3.63, 3.8) is 0 Å². The predicted octanol–water partition coefficient (Wildman–Crippen LogP) is 3.05. The van der Waals surface area contributed by atoms with Crippen molar-refractivity contribution < 1.29 is 14.7 Å². The molecule has 2 aromatic rings. The maximum Gasteiger partial charge on any atom is 0.340 e. The molecule has 6 heteroatoms. The molecule has 0 bridgehead atoms. The molecule has 5 nitrogen and oxygen atoms in total. The van der Waals surface area contributed by atoms with Gasteiger partial charge in [-0.15, -0.1) is 0 Å². The molecule has 0 spiro atoms. The summed E-state index contributed by atoms with van der Waals surface area (Å²) in [4.78, 5) is 15.3. The van der Waals surface area contributed by atoms with Crippen molar-refractivity contribution in [2.24, 2.45) is 0 Å². The number of halogens is 1. The molecule has 0 amide bonds. The van der Waals surface area contributed by atoms with Crippen LogP contribution in [0.25, 0.3) is 11.0 Å². The maximum atomic E-state index is 11.4. The van der Waals surface area contributed by atoms with Gasteiger partial charge in [-0.05, 0) is 13.0 Å². The molecule has 1 N–H and O–H groups in total. The van der Waals surface area contributed by atoms with Crippen LogP contribution in [0.3, 0.4) is 0 Å². The Bertz CT molecular complexity index is 578. The van der Waals surface area contributed by atoms with Crippen LogP contribution in [0.2, 0.25) is 5.02 Å². The molecule has 0 aliphatic heterocycles. The van der Waals surface area contributed by atoms with E-state index in [1.165, 1.54) is 13.3 Å². The van der Waals surface area contributed by atoms with E-state index in [1.54, 1.807) is 13.0 Å². The minimum Gasteiger partial charge on any atom is -0.465 e. The smallest absolute Gasteiger partial charge is 0.340 e. The predicted molar refractivity (Wildman–Crippen MR) is 69.4 cm³/mol. The summed E-state index contributed by atoms with van der Waals surface area (Å²) in [5, 5.41) is 10.3. The quantitative estimate of drug-likeness (QED) is 0.639. The number of hydrogen-bond acceptors (Lipinski definition) is 4. The number of aryl methyl sites for hydroxylation is 1. The summed E-state index contributed by atoms with van der Waals surface area (Å²) in [7, 11) is 1.27. The standard InChI is InChI=1S/C10H9ClN2O3.C2H6/c1-5-3-6-8(11)7(10(14)16-2)4-12-9(6)13(5)15;1-2/h3-4,15H,1-2H3;1-2H3. The Labute approximate surface area is 110 Å². The Kier molecular flexibility index (Phi) is 4.55. The van der Waals surface area contributed by atoms with Crippen molar-refractivity contribution in [3.05, 3.63) is 28.5 Å². The number of carbonyl (C=O) groups is 1. The van der Waals surface area contributed by atoms with Crippen LogP contribution < -0.4 is 0 Å². The monoisotopic (exact) mass is 270 g/mol. The SMILES string of the molecule is CC.COC(=O)c1cnc2c(cc(C)n2O)c1Cl. The molecule has 0 aromatic carbocycles. The van der Waals surface area contributed by atoms with E-state index < -0.39 is 5.97 Å². The van der Waals surface area contributed by atoms with Crippen molar-refractivity contribution in [1.82, 2.24) is 9.71 Å². The molecule has 0 fully saturated rings. The molecule has 2 rings (SSSR count). The Morgan fingerprint density at radius 3 is 2.67 bits per heavy atom. The van der Waals surface area contributed by atoms with Gasteiger partial charge >= 0.3 is 5.97 Å². The second kappa shape index (κ2) is 5.73. The first-order chi connectivity index (χ1) is 8.56. The number of hydrogen-bond donors (Lipinski definition) is 1. The van der Waals surface area contributed by atoms with Crippen molar-refractivity contribution >= 4 is 28.6 Å². The summed E-state index contributed by atoms with van der Waals surface area (Å²) >= 11 is 6.04. The fraction of sp³-hybridized carbons (Fsp3) is 0.333. The van der Waals surface area contributed by atoms with Gasteiger partial charge in [0.05, 0.1) is 23.4 Å². The van der Waals surface area contributed by atoms with E-state index in [2.05, 4.69) is 9.72 Å². The first-order valence-corrected chi connectivity index (χ1v) is 5.88. The normalized spacial score (nSPS) is 9.83. The summed E-state index contributed by atoms with van der Waals surface area (Å²) in [6.45, 7) is 5.70. The van der Waals surface area contributed by atoms with Crippen molar-refractivity contribution in [2.75, 3.05) is 7.11 Å². The molecule has 2 heterocycles. The van der Waals surface area contributed by atoms with Crippen molar-refractivity contribution in [2.45, 2.75) is 20.8 Å². The molecule has 0 radical (unpaired) electrons. The van der Waals surface area contributed by atoms with E-state index in [1.807, 2.05) is 13.8 Å². The highest BCUT2D eigenvalue weighted by Gasteiger charge is 2.17. The van der Waals surface area contributed by atoms with Crippen LogP contribution in [0.15, 0.2) is 12.3 Å². The second-order valence-electron chi connectivity index (χ2n) is 3.31. The van der Waals surface area contributed by atoms with Gasteiger partial charge in [0.15, 0.2) is 5.65 Å². The molecule has 0 unspecified atom stereocenters. The number of esters is 1. The molecule has 0 saturated heterocycles. The molecule has 98 valence electrons. The van der Waals surface area contributed by atoms with Gasteiger partial charge in [-0.1, -0.05) is 25.4 Å². The third kappa shape index (κ3) is 2.26. The van der Waals surface area contributed by atoms with Crippen LogP contribution in [0.5, 0.6) is 0 Å². The van der Waals surface area contributed by atoms with Gasteiger partial charge < -0.3 is 9.94 Å². The van der Waals surface area contributed by atoms with Crippen LogP contribution in [-0.2, 0) is 4.74 Å². The molecule has 0 aliphatic rings. The van der Waals surface area contributed by atoms with Gasteiger partial charge in [-0.2, -0.15) is 4.73 Å². The van der Waals surface area contributed by atoms with E-state index in [9.17, 15) is 10.0 Å². The van der Waals surface area contributed by atoms with E-state index in [-0.39, 0.29) is 10.6 Å². The van der Waals surface area contributed by atoms with Gasteiger partial charge in [-0.3, -0.25) is 0 Å². The Morgan fingerprint density at radius 2 is 2.11 bits per heavy atom. The van der Waals surface area contributed by atoms with Crippen LogP contribution >= 0.6 is 11.6 Å². The molecule has 2 aromatic heterocycles. The minimum atomic E-state index is -0.553. The van der Waals surface area contributed by atoms with Gasteiger partial charge in [0.1, 0.15) is 0 Å². The lowest BCUT2D eigenvalue weighted by Gasteiger charge is -2.02. The van der Waals surface area contributed by atoms with Gasteiger partial charge in [-0.25, -0.2) is 9.78 Å². The third-order valence-electron chi connectivity index (χ3n) is 2.32. The summed E-state index contributed by atoms with van der Waals surface area (Å²) in [5.74, 6) is -0.553.